The number of carbonyl (C=O) groups is 1. The molecule has 36 heavy (non-hydrogen) atoms. The number of nitrogens with one attached hydrogen (secondary N) is 1. The Balaban J connectivity index is 1.66. The third-order valence-corrected chi connectivity index (χ3v) is 6.16. The Labute approximate surface area is 212 Å². The van der Waals surface area contributed by atoms with Crippen molar-refractivity contribution in [1.82, 2.24) is 15.1 Å². The Bertz CT molecular complexity index is 1250. The van der Waals surface area contributed by atoms with E-state index < -0.39 is 5.91 Å². The lowest BCUT2D eigenvalue weighted by Crippen LogP contribution is -2.32. The van der Waals surface area contributed by atoms with E-state index in [1.54, 1.807) is 10.8 Å². The Morgan fingerprint density at radius 2 is 2.14 bits per heavy atom. The van der Waals surface area contributed by atoms with Crippen molar-refractivity contribution >= 4 is 12.0 Å². The van der Waals surface area contributed by atoms with Crippen molar-refractivity contribution in [3.63, 3.8) is 0 Å². The predicted molar refractivity (Wildman–Crippen MR) is 140 cm³/mol. The van der Waals surface area contributed by atoms with Gasteiger partial charge in [-0.3, -0.25) is 4.79 Å². The number of para-hydroxylation sites is 1. The molecular weight excluding hydrogens is 452 g/mol. The van der Waals surface area contributed by atoms with Crippen molar-refractivity contribution in [2.24, 2.45) is 0 Å². The SMILES string of the molecule is CCCCOc1ccc(-c2nn(-c3ccccc3)cc2/C=C(/C#N)C(=O)NC[C@H]2CCCO2)c(C)c1. The van der Waals surface area contributed by atoms with Crippen molar-refractivity contribution < 1.29 is 14.3 Å². The van der Waals surface area contributed by atoms with E-state index in [0.717, 1.165) is 48.2 Å². The Kier molecular flexibility index (Phi) is 8.53. The van der Waals surface area contributed by atoms with Crippen LogP contribution in [0, 0.1) is 18.3 Å². The molecule has 1 aliphatic rings. The first kappa shape index (κ1) is 25.2. The van der Waals surface area contributed by atoms with Crippen molar-refractivity contribution in [3.05, 3.63) is 71.4 Å². The van der Waals surface area contributed by atoms with Gasteiger partial charge in [0.2, 0.25) is 0 Å². The molecule has 0 radical (unpaired) electrons. The molecule has 2 heterocycles. The molecule has 7 heteroatoms. The molecule has 0 aliphatic carbocycles. The minimum Gasteiger partial charge on any atom is -0.494 e. The molecule has 7 nitrogen and oxygen atoms in total. The second-order valence-corrected chi connectivity index (χ2v) is 8.91. The third-order valence-electron chi connectivity index (χ3n) is 6.16. The number of aryl methyl sites for hydroxylation is 1. The summed E-state index contributed by atoms with van der Waals surface area (Å²) in [6.07, 6.45) is 7.45. The van der Waals surface area contributed by atoms with Gasteiger partial charge < -0.3 is 14.8 Å². The lowest BCUT2D eigenvalue weighted by Gasteiger charge is -2.10. The van der Waals surface area contributed by atoms with E-state index in [4.69, 9.17) is 14.6 Å². The topological polar surface area (TPSA) is 89.2 Å². The number of hydrogen-bond donors (Lipinski definition) is 1. The van der Waals surface area contributed by atoms with Crippen LogP contribution in [0.4, 0.5) is 0 Å². The molecule has 0 bridgehead atoms. The quantitative estimate of drug-likeness (QED) is 0.242. The van der Waals surface area contributed by atoms with Gasteiger partial charge in [-0.05, 0) is 68.2 Å². The van der Waals surface area contributed by atoms with Crippen LogP contribution in [-0.4, -0.2) is 41.6 Å². The molecule has 0 unspecified atom stereocenters. The standard InChI is InChI=1S/C29H32N4O3/c1-3-4-14-35-25-12-13-27(21(2)16-25)28-23(20-33(32-28)24-9-6-5-7-10-24)17-22(18-30)29(34)31-19-26-11-8-15-36-26/h5-7,9-10,12-13,16-17,20,26H,3-4,8,11,14-15,19H2,1-2H3,(H,31,34)/b22-17-/t26-/m1/s1. The average Bonchev–Trinajstić information content (AvgIpc) is 3.57. The minimum absolute atomic E-state index is 0.00555. The van der Waals surface area contributed by atoms with Gasteiger partial charge in [0.15, 0.2) is 0 Å². The molecule has 3 aromatic rings. The molecule has 1 aliphatic heterocycles. The van der Waals surface area contributed by atoms with E-state index in [1.807, 2.05) is 61.7 Å². The van der Waals surface area contributed by atoms with Gasteiger partial charge in [-0.1, -0.05) is 31.5 Å². The van der Waals surface area contributed by atoms with Gasteiger partial charge in [0.25, 0.3) is 5.91 Å². The van der Waals surface area contributed by atoms with E-state index in [2.05, 4.69) is 18.3 Å². The fourth-order valence-electron chi connectivity index (χ4n) is 4.15. The number of aromatic nitrogens is 2. The van der Waals surface area contributed by atoms with Gasteiger partial charge >= 0.3 is 0 Å². The number of amides is 1. The summed E-state index contributed by atoms with van der Waals surface area (Å²) in [4.78, 5) is 12.8. The van der Waals surface area contributed by atoms with Crippen LogP contribution in [0.5, 0.6) is 5.75 Å². The van der Waals surface area contributed by atoms with Crippen LogP contribution in [0.3, 0.4) is 0 Å². The zero-order chi connectivity index (χ0) is 25.3. The highest BCUT2D eigenvalue weighted by molar-refractivity contribution is 6.02. The summed E-state index contributed by atoms with van der Waals surface area (Å²) in [7, 11) is 0. The van der Waals surface area contributed by atoms with Crippen molar-refractivity contribution in [3.8, 4) is 28.8 Å². The van der Waals surface area contributed by atoms with E-state index in [9.17, 15) is 10.1 Å². The predicted octanol–water partition coefficient (Wildman–Crippen LogP) is 5.23. The molecule has 4 rings (SSSR count). The smallest absolute Gasteiger partial charge is 0.262 e. The second kappa shape index (κ2) is 12.2. The molecule has 1 amide bonds. The fourth-order valence-corrected chi connectivity index (χ4v) is 4.15. The van der Waals surface area contributed by atoms with Gasteiger partial charge in [0.1, 0.15) is 23.1 Å². The Hall–Kier alpha value is -3.89. The lowest BCUT2D eigenvalue weighted by atomic mass is 10.0. The fraction of sp³-hybridized carbons (Fsp3) is 0.345. The average molecular weight is 485 g/mol. The zero-order valence-electron chi connectivity index (χ0n) is 20.9. The van der Waals surface area contributed by atoms with Crippen LogP contribution < -0.4 is 10.1 Å². The van der Waals surface area contributed by atoms with E-state index in [1.165, 1.54) is 0 Å². The highest BCUT2D eigenvalue weighted by Gasteiger charge is 2.19. The maximum atomic E-state index is 12.8. The number of carbonyl (C=O) groups excluding carboxylic acids is 1. The van der Waals surface area contributed by atoms with E-state index in [-0.39, 0.29) is 11.7 Å². The largest absolute Gasteiger partial charge is 0.494 e. The summed E-state index contributed by atoms with van der Waals surface area (Å²) in [5.74, 6) is 0.401. The van der Waals surface area contributed by atoms with Crippen LogP contribution in [0.25, 0.3) is 23.0 Å². The van der Waals surface area contributed by atoms with Gasteiger partial charge in [-0.25, -0.2) is 4.68 Å². The normalized spacial score (nSPS) is 15.5. The van der Waals surface area contributed by atoms with Crippen molar-refractivity contribution in [2.45, 2.75) is 45.6 Å². The van der Waals surface area contributed by atoms with Crippen LogP contribution in [0.2, 0.25) is 0 Å². The zero-order valence-corrected chi connectivity index (χ0v) is 20.9. The molecular formula is C29H32N4O3. The van der Waals surface area contributed by atoms with Gasteiger partial charge in [0.05, 0.1) is 18.4 Å². The number of unbranched alkanes of at least 4 members (excludes halogenated alkanes) is 1. The molecule has 1 N–H and O–H groups in total. The van der Waals surface area contributed by atoms with Gasteiger partial charge in [-0.15, -0.1) is 0 Å². The molecule has 1 saturated heterocycles. The maximum absolute atomic E-state index is 12.8. The number of nitrogens with zero attached hydrogens (tertiary/aromatic N) is 3. The summed E-state index contributed by atoms with van der Waals surface area (Å²) in [5, 5.41) is 17.5. The van der Waals surface area contributed by atoms with Crippen LogP contribution in [-0.2, 0) is 9.53 Å². The molecule has 0 spiro atoms. The summed E-state index contributed by atoms with van der Waals surface area (Å²) >= 11 is 0. The van der Waals surface area contributed by atoms with Crippen LogP contribution >= 0.6 is 0 Å². The van der Waals surface area contributed by atoms with Crippen molar-refractivity contribution in [1.29, 1.82) is 5.26 Å². The van der Waals surface area contributed by atoms with Crippen LogP contribution in [0.15, 0.2) is 60.3 Å². The van der Waals surface area contributed by atoms with Gasteiger partial charge in [0, 0.05) is 30.5 Å². The monoisotopic (exact) mass is 484 g/mol. The first-order valence-corrected chi connectivity index (χ1v) is 12.5. The summed E-state index contributed by atoms with van der Waals surface area (Å²) in [5.41, 5.74) is 4.20. The summed E-state index contributed by atoms with van der Waals surface area (Å²) < 4.78 is 13.2. The maximum Gasteiger partial charge on any atom is 0.262 e. The highest BCUT2D eigenvalue weighted by atomic mass is 16.5. The number of nitriles is 1. The Morgan fingerprint density at radius 3 is 2.83 bits per heavy atom. The Morgan fingerprint density at radius 1 is 1.31 bits per heavy atom. The molecule has 0 saturated carbocycles. The first-order chi connectivity index (χ1) is 17.6. The number of ether oxygens (including phenoxy) is 2. The summed E-state index contributed by atoms with van der Waals surface area (Å²) in [6.45, 7) is 5.93. The number of rotatable bonds is 10. The van der Waals surface area contributed by atoms with Crippen molar-refractivity contribution in [2.75, 3.05) is 19.8 Å². The van der Waals surface area contributed by atoms with Crippen LogP contribution in [0.1, 0.15) is 43.7 Å². The molecule has 186 valence electrons. The lowest BCUT2D eigenvalue weighted by molar-refractivity contribution is -0.117. The molecule has 1 aromatic heterocycles. The van der Waals surface area contributed by atoms with Gasteiger partial charge in [-0.2, -0.15) is 10.4 Å². The minimum atomic E-state index is -0.414. The molecule has 1 atom stereocenters. The highest BCUT2D eigenvalue weighted by Crippen LogP contribution is 2.31. The second-order valence-electron chi connectivity index (χ2n) is 8.91. The number of hydrogen-bond acceptors (Lipinski definition) is 5. The number of benzene rings is 2. The van der Waals surface area contributed by atoms with E-state index in [0.29, 0.717) is 31.0 Å². The van der Waals surface area contributed by atoms with E-state index >= 15 is 0 Å². The molecule has 2 aromatic carbocycles. The first-order valence-electron chi connectivity index (χ1n) is 12.5. The third kappa shape index (κ3) is 6.21. The summed E-state index contributed by atoms with van der Waals surface area (Å²) in [6, 6.07) is 17.7. The molecule has 1 fully saturated rings.